The van der Waals surface area contributed by atoms with Crippen LogP contribution in [-0.2, 0) is 0 Å². The first kappa shape index (κ1) is 12.0. The fraction of sp³-hybridized carbons (Fsp3) is 0.0714. The number of rotatable bonds is 2. The van der Waals surface area contributed by atoms with Crippen LogP contribution < -0.4 is 0 Å². The third-order valence-corrected chi connectivity index (χ3v) is 3.75. The van der Waals surface area contributed by atoms with E-state index in [-0.39, 0.29) is 0 Å². The molecule has 4 nitrogen and oxygen atoms in total. The molecule has 0 aliphatic rings. The topological polar surface area (TPSA) is 56.0 Å². The van der Waals surface area contributed by atoms with Crippen LogP contribution in [-0.4, -0.2) is 16.3 Å². The van der Waals surface area contributed by atoms with E-state index in [9.17, 15) is 4.79 Å². The zero-order valence-electron chi connectivity index (χ0n) is 10.1. The smallest absolute Gasteiger partial charge is 0.229 e. The molecule has 0 N–H and O–H groups in total. The van der Waals surface area contributed by atoms with E-state index in [0.29, 0.717) is 29.1 Å². The molecule has 0 atom stereocenters. The first-order valence-corrected chi connectivity index (χ1v) is 6.46. The van der Waals surface area contributed by atoms with Crippen molar-refractivity contribution in [2.75, 3.05) is 0 Å². The summed E-state index contributed by atoms with van der Waals surface area (Å²) in [7, 11) is 0. The van der Waals surface area contributed by atoms with Gasteiger partial charge in [0.1, 0.15) is 5.69 Å². The number of nitrogens with zero attached hydrogens (tertiary/aromatic N) is 2. The SMILES string of the molecule is Cc1c(Br)cccc1-c1nc2nc(C=O)ccc2o1. The number of hydrogen-bond acceptors (Lipinski definition) is 4. The number of benzene rings is 1. The van der Waals surface area contributed by atoms with E-state index in [1.54, 1.807) is 12.1 Å². The summed E-state index contributed by atoms with van der Waals surface area (Å²) in [6, 6.07) is 9.13. The van der Waals surface area contributed by atoms with Crippen LogP contribution in [0, 0.1) is 6.92 Å². The molecule has 3 aromatic rings. The number of pyridine rings is 1. The first-order valence-electron chi connectivity index (χ1n) is 5.67. The average molecular weight is 317 g/mol. The van der Waals surface area contributed by atoms with E-state index in [2.05, 4.69) is 25.9 Å². The summed E-state index contributed by atoms with van der Waals surface area (Å²) >= 11 is 3.48. The van der Waals surface area contributed by atoms with Crippen LogP contribution >= 0.6 is 15.9 Å². The molecule has 0 aliphatic carbocycles. The van der Waals surface area contributed by atoms with Gasteiger partial charge in [-0.3, -0.25) is 4.79 Å². The molecule has 2 heterocycles. The van der Waals surface area contributed by atoms with Crippen LogP contribution in [0.4, 0.5) is 0 Å². The summed E-state index contributed by atoms with van der Waals surface area (Å²) in [6.45, 7) is 1.98. The lowest BCUT2D eigenvalue weighted by Crippen LogP contribution is -1.86. The molecule has 0 spiro atoms. The molecule has 5 heteroatoms. The van der Waals surface area contributed by atoms with Gasteiger partial charge in [0.2, 0.25) is 5.89 Å². The van der Waals surface area contributed by atoms with Crippen molar-refractivity contribution in [2.45, 2.75) is 6.92 Å². The highest BCUT2D eigenvalue weighted by Gasteiger charge is 2.12. The molecule has 1 aromatic carbocycles. The van der Waals surface area contributed by atoms with Gasteiger partial charge in [0.25, 0.3) is 0 Å². The third kappa shape index (κ3) is 2.06. The van der Waals surface area contributed by atoms with Crippen LogP contribution in [0.25, 0.3) is 22.7 Å². The van der Waals surface area contributed by atoms with Gasteiger partial charge in [0.05, 0.1) is 0 Å². The summed E-state index contributed by atoms with van der Waals surface area (Å²) in [5.41, 5.74) is 3.31. The van der Waals surface area contributed by atoms with Gasteiger partial charge in [-0.1, -0.05) is 22.0 Å². The second-order valence-electron chi connectivity index (χ2n) is 4.11. The molecule has 2 aromatic heterocycles. The Kier molecular flexibility index (Phi) is 2.91. The molecule has 0 fully saturated rings. The van der Waals surface area contributed by atoms with Crippen LogP contribution in [0.2, 0.25) is 0 Å². The van der Waals surface area contributed by atoms with Crippen LogP contribution in [0.15, 0.2) is 39.2 Å². The highest BCUT2D eigenvalue weighted by molar-refractivity contribution is 9.10. The maximum atomic E-state index is 10.7. The minimum Gasteiger partial charge on any atom is -0.434 e. The molecule has 94 valence electrons. The molecular formula is C14H9BrN2O2. The van der Waals surface area contributed by atoms with Crippen molar-refractivity contribution in [3.05, 3.63) is 46.1 Å². The van der Waals surface area contributed by atoms with Gasteiger partial charge >= 0.3 is 0 Å². The Morgan fingerprint density at radius 1 is 1.21 bits per heavy atom. The maximum absolute atomic E-state index is 10.7. The summed E-state index contributed by atoms with van der Waals surface area (Å²) in [5, 5.41) is 0. The van der Waals surface area contributed by atoms with Gasteiger partial charge in [0, 0.05) is 10.0 Å². The predicted molar refractivity (Wildman–Crippen MR) is 75.1 cm³/mol. The van der Waals surface area contributed by atoms with E-state index in [1.165, 1.54) is 0 Å². The zero-order chi connectivity index (χ0) is 13.4. The predicted octanol–water partition coefficient (Wildman–Crippen LogP) is 3.77. The molecule has 0 bridgehead atoms. The Hall–Kier alpha value is -2.01. The molecule has 0 unspecified atom stereocenters. The van der Waals surface area contributed by atoms with Gasteiger partial charge in [-0.05, 0) is 36.8 Å². The van der Waals surface area contributed by atoms with Gasteiger partial charge in [-0.15, -0.1) is 0 Å². The summed E-state index contributed by atoms with van der Waals surface area (Å²) in [6.07, 6.45) is 0.693. The van der Waals surface area contributed by atoms with Gasteiger partial charge in [0.15, 0.2) is 17.5 Å². The average Bonchev–Trinajstić information content (AvgIpc) is 2.84. The van der Waals surface area contributed by atoms with Crippen molar-refractivity contribution in [3.63, 3.8) is 0 Å². The van der Waals surface area contributed by atoms with Crippen LogP contribution in [0.3, 0.4) is 0 Å². The summed E-state index contributed by atoms with van der Waals surface area (Å²) in [5.74, 6) is 0.504. The van der Waals surface area contributed by atoms with Crippen molar-refractivity contribution < 1.29 is 9.21 Å². The molecular weight excluding hydrogens is 308 g/mol. The highest BCUT2D eigenvalue weighted by atomic mass is 79.9. The lowest BCUT2D eigenvalue weighted by atomic mass is 10.1. The fourth-order valence-electron chi connectivity index (χ4n) is 1.85. The first-order chi connectivity index (χ1) is 9.19. The Labute approximate surface area is 117 Å². The van der Waals surface area contributed by atoms with Crippen molar-refractivity contribution in [1.82, 2.24) is 9.97 Å². The fourth-order valence-corrected chi connectivity index (χ4v) is 2.22. The maximum Gasteiger partial charge on any atom is 0.229 e. The van der Waals surface area contributed by atoms with E-state index >= 15 is 0 Å². The second-order valence-corrected chi connectivity index (χ2v) is 4.96. The number of hydrogen-bond donors (Lipinski definition) is 0. The Morgan fingerprint density at radius 3 is 2.84 bits per heavy atom. The van der Waals surface area contributed by atoms with E-state index in [1.807, 2.05) is 25.1 Å². The molecule has 0 saturated carbocycles. The van der Waals surface area contributed by atoms with Crippen LogP contribution in [0.1, 0.15) is 16.1 Å². The number of oxazole rings is 1. The van der Waals surface area contributed by atoms with E-state index < -0.39 is 0 Å². The standard InChI is InChI=1S/C14H9BrN2O2/c1-8-10(3-2-4-11(8)15)14-17-13-12(19-14)6-5-9(7-18)16-13/h2-7H,1H3. The number of halogens is 1. The minimum absolute atomic E-state index is 0.346. The van der Waals surface area contributed by atoms with Gasteiger partial charge in [-0.2, -0.15) is 4.98 Å². The molecule has 19 heavy (non-hydrogen) atoms. The molecule has 3 rings (SSSR count). The largest absolute Gasteiger partial charge is 0.434 e. The zero-order valence-corrected chi connectivity index (χ0v) is 11.6. The number of carbonyl (C=O) groups excluding carboxylic acids is 1. The summed E-state index contributed by atoms with van der Waals surface area (Å²) in [4.78, 5) is 19.1. The number of aldehydes is 1. The number of aromatic nitrogens is 2. The monoisotopic (exact) mass is 316 g/mol. The van der Waals surface area contributed by atoms with Gasteiger partial charge < -0.3 is 4.42 Å². The highest BCUT2D eigenvalue weighted by Crippen LogP contribution is 2.29. The number of carbonyl (C=O) groups is 1. The van der Waals surface area contributed by atoms with Crippen molar-refractivity contribution in [1.29, 1.82) is 0 Å². The normalized spacial score (nSPS) is 10.8. The summed E-state index contributed by atoms with van der Waals surface area (Å²) < 4.78 is 6.67. The Bertz CT molecular complexity index is 780. The molecule has 0 aliphatic heterocycles. The molecule has 0 saturated heterocycles. The quantitative estimate of drug-likeness (QED) is 0.675. The molecule has 0 amide bonds. The Morgan fingerprint density at radius 2 is 2.05 bits per heavy atom. The number of fused-ring (bicyclic) bond motifs is 1. The molecule has 0 radical (unpaired) electrons. The second kappa shape index (κ2) is 4.59. The van der Waals surface area contributed by atoms with E-state index in [0.717, 1.165) is 15.6 Å². The van der Waals surface area contributed by atoms with Crippen molar-refractivity contribution in [3.8, 4) is 11.5 Å². The lowest BCUT2D eigenvalue weighted by molar-refractivity contribution is 0.111. The van der Waals surface area contributed by atoms with Crippen LogP contribution in [0.5, 0.6) is 0 Å². The minimum atomic E-state index is 0.346. The third-order valence-electron chi connectivity index (χ3n) is 2.89. The van der Waals surface area contributed by atoms with Gasteiger partial charge in [-0.25, -0.2) is 4.98 Å². The lowest BCUT2D eigenvalue weighted by Gasteiger charge is -2.02. The van der Waals surface area contributed by atoms with E-state index in [4.69, 9.17) is 4.42 Å². The van der Waals surface area contributed by atoms with Crippen molar-refractivity contribution in [2.24, 2.45) is 0 Å². The van der Waals surface area contributed by atoms with Crippen molar-refractivity contribution >= 4 is 33.4 Å². The Balaban J connectivity index is 2.20.